The van der Waals surface area contributed by atoms with Crippen LogP contribution >= 0.6 is 0 Å². The number of rotatable bonds is 4. The third-order valence-corrected chi connectivity index (χ3v) is 7.71. The highest BCUT2D eigenvalue weighted by molar-refractivity contribution is 5.42. The molecule has 4 heterocycles. The van der Waals surface area contributed by atoms with Crippen molar-refractivity contribution < 1.29 is 8.78 Å². The Morgan fingerprint density at radius 2 is 1.79 bits per heavy atom. The topological polar surface area (TPSA) is 71.8 Å². The number of hydrogen-bond acceptors (Lipinski definition) is 6. The Hall–Kier alpha value is -3.10. The molecule has 2 unspecified atom stereocenters. The van der Waals surface area contributed by atoms with E-state index in [1.54, 1.807) is 12.4 Å². The molecule has 34 heavy (non-hydrogen) atoms. The second-order valence-corrected chi connectivity index (χ2v) is 9.93. The molecule has 178 valence electrons. The zero-order valence-electron chi connectivity index (χ0n) is 19.3. The first-order chi connectivity index (χ1) is 16.5. The van der Waals surface area contributed by atoms with E-state index in [0.29, 0.717) is 23.8 Å². The first-order valence-corrected chi connectivity index (χ1v) is 12.2. The van der Waals surface area contributed by atoms with Gasteiger partial charge in [-0.15, -0.1) is 5.10 Å². The summed E-state index contributed by atoms with van der Waals surface area (Å²) in [6.07, 6.45) is 6.84. The molecule has 4 atom stereocenters. The molecular formula is C25H29F2N7. The van der Waals surface area contributed by atoms with E-state index >= 15 is 0 Å². The first-order valence-electron chi connectivity index (χ1n) is 12.2. The van der Waals surface area contributed by atoms with Gasteiger partial charge in [0.25, 0.3) is 0 Å². The lowest BCUT2D eigenvalue weighted by Crippen LogP contribution is -2.48. The second kappa shape index (κ2) is 8.60. The molecule has 1 aromatic carbocycles. The van der Waals surface area contributed by atoms with Gasteiger partial charge in [0.2, 0.25) is 5.95 Å². The lowest BCUT2D eigenvalue weighted by Gasteiger charge is -2.38. The number of halogens is 2. The summed E-state index contributed by atoms with van der Waals surface area (Å²) in [4.78, 5) is 16.0. The van der Waals surface area contributed by atoms with Gasteiger partial charge in [-0.1, -0.05) is 12.5 Å². The van der Waals surface area contributed by atoms with Gasteiger partial charge in [-0.05, 0) is 62.1 Å². The van der Waals surface area contributed by atoms with E-state index in [9.17, 15) is 8.78 Å². The van der Waals surface area contributed by atoms with E-state index < -0.39 is 11.6 Å². The van der Waals surface area contributed by atoms with Crippen LogP contribution in [0.3, 0.4) is 0 Å². The van der Waals surface area contributed by atoms with Crippen molar-refractivity contribution in [3.05, 3.63) is 59.3 Å². The van der Waals surface area contributed by atoms with Gasteiger partial charge in [0.1, 0.15) is 18.0 Å². The molecule has 2 aromatic heterocycles. The second-order valence-electron chi connectivity index (χ2n) is 9.93. The number of aromatic nitrogens is 5. The number of anilines is 2. The van der Waals surface area contributed by atoms with Crippen molar-refractivity contribution in [1.29, 1.82) is 0 Å². The predicted molar refractivity (Wildman–Crippen MR) is 125 cm³/mol. The summed E-state index contributed by atoms with van der Waals surface area (Å²) in [7, 11) is 0. The van der Waals surface area contributed by atoms with Crippen LogP contribution < -0.4 is 10.2 Å². The van der Waals surface area contributed by atoms with Gasteiger partial charge in [-0.25, -0.2) is 23.4 Å². The van der Waals surface area contributed by atoms with E-state index in [1.165, 1.54) is 25.0 Å². The SMILES string of the molecule is Cc1cc(N2CC3CC[C@@H](C2)C3Nc2nc3n(n2)CCCC[C@@H]3c2ccc(F)c(F)c2)ncn1. The van der Waals surface area contributed by atoms with E-state index in [4.69, 9.17) is 10.1 Å². The number of benzene rings is 1. The fraction of sp³-hybridized carbons (Fsp3) is 0.520. The number of nitrogens with zero attached hydrogens (tertiary/aromatic N) is 6. The molecule has 0 radical (unpaired) electrons. The Kier molecular flexibility index (Phi) is 5.42. The van der Waals surface area contributed by atoms with Gasteiger partial charge < -0.3 is 10.2 Å². The van der Waals surface area contributed by atoms with Crippen LogP contribution in [-0.2, 0) is 6.54 Å². The van der Waals surface area contributed by atoms with Crippen molar-refractivity contribution >= 4 is 11.8 Å². The molecule has 2 aliphatic heterocycles. The van der Waals surface area contributed by atoms with Crippen LogP contribution in [0.4, 0.5) is 20.5 Å². The summed E-state index contributed by atoms with van der Waals surface area (Å²) >= 11 is 0. The summed E-state index contributed by atoms with van der Waals surface area (Å²) < 4.78 is 29.4. The van der Waals surface area contributed by atoms with Gasteiger partial charge in [0.15, 0.2) is 11.6 Å². The number of piperidine rings is 1. The molecule has 1 aliphatic carbocycles. The maximum Gasteiger partial charge on any atom is 0.242 e. The molecule has 9 heteroatoms. The smallest absolute Gasteiger partial charge is 0.242 e. The fourth-order valence-corrected chi connectivity index (χ4v) is 6.03. The van der Waals surface area contributed by atoms with Crippen molar-refractivity contribution in [3.8, 4) is 0 Å². The maximum atomic E-state index is 14.0. The Bertz CT molecular complexity index is 1180. The minimum Gasteiger partial charge on any atom is -0.356 e. The standard InChI is InChI=1S/C25H29F2N7/c1-15-10-22(29-14-28-15)33-12-17-5-6-18(13-33)23(17)30-25-31-24-19(4-2-3-9-34(24)32-25)16-7-8-20(26)21(27)11-16/h7-8,10-11,14,17-19,23H,2-6,9,12-13H2,1H3,(H,30,32)/t17-,18?,19+,23?/m0/s1. The van der Waals surface area contributed by atoms with Crippen LogP contribution in [0.2, 0.25) is 0 Å². The molecule has 3 aliphatic rings. The van der Waals surface area contributed by atoms with Gasteiger partial charge in [0, 0.05) is 43.4 Å². The first kappa shape index (κ1) is 21.4. The van der Waals surface area contributed by atoms with Crippen LogP contribution in [0.1, 0.15) is 55.1 Å². The third-order valence-electron chi connectivity index (χ3n) is 7.71. The molecule has 6 rings (SSSR count). The molecule has 1 saturated carbocycles. The summed E-state index contributed by atoms with van der Waals surface area (Å²) in [6.45, 7) is 4.70. The highest BCUT2D eigenvalue weighted by Crippen LogP contribution is 2.40. The molecule has 1 N–H and O–H groups in total. The molecular weight excluding hydrogens is 436 g/mol. The number of hydrogen-bond donors (Lipinski definition) is 1. The Labute approximate surface area is 197 Å². The average molecular weight is 466 g/mol. The minimum atomic E-state index is -0.819. The van der Waals surface area contributed by atoms with Crippen LogP contribution in [0, 0.1) is 30.4 Å². The number of nitrogens with one attached hydrogen (secondary N) is 1. The van der Waals surface area contributed by atoms with Crippen LogP contribution in [0.15, 0.2) is 30.6 Å². The zero-order valence-corrected chi connectivity index (χ0v) is 19.3. The Morgan fingerprint density at radius 3 is 2.56 bits per heavy atom. The summed E-state index contributed by atoms with van der Waals surface area (Å²) in [6, 6.07) is 6.57. The average Bonchev–Trinajstić information content (AvgIpc) is 3.23. The van der Waals surface area contributed by atoms with Crippen molar-refractivity contribution in [1.82, 2.24) is 24.7 Å². The summed E-state index contributed by atoms with van der Waals surface area (Å²) in [5, 5.41) is 8.46. The van der Waals surface area contributed by atoms with Gasteiger partial charge in [-0.2, -0.15) is 4.98 Å². The largest absolute Gasteiger partial charge is 0.356 e. The Balaban J connectivity index is 1.22. The van der Waals surface area contributed by atoms with Gasteiger partial charge >= 0.3 is 0 Å². The highest BCUT2D eigenvalue weighted by Gasteiger charge is 2.43. The van der Waals surface area contributed by atoms with Gasteiger partial charge in [-0.3, -0.25) is 0 Å². The molecule has 2 bridgehead atoms. The summed E-state index contributed by atoms with van der Waals surface area (Å²) in [5.74, 6) is 1.78. The molecule has 7 nitrogen and oxygen atoms in total. The third kappa shape index (κ3) is 3.91. The van der Waals surface area contributed by atoms with Crippen LogP contribution in [0.5, 0.6) is 0 Å². The number of fused-ring (bicyclic) bond motifs is 3. The van der Waals surface area contributed by atoms with E-state index in [1.807, 2.05) is 11.6 Å². The minimum absolute atomic E-state index is 0.0831. The van der Waals surface area contributed by atoms with Crippen molar-refractivity contribution in [2.24, 2.45) is 11.8 Å². The molecule has 0 spiro atoms. The van der Waals surface area contributed by atoms with Crippen molar-refractivity contribution in [2.45, 2.75) is 57.5 Å². The number of aryl methyl sites for hydroxylation is 2. The monoisotopic (exact) mass is 465 g/mol. The van der Waals surface area contributed by atoms with Crippen LogP contribution in [-0.4, -0.2) is 43.9 Å². The van der Waals surface area contributed by atoms with E-state index in [0.717, 1.165) is 61.8 Å². The van der Waals surface area contributed by atoms with Crippen molar-refractivity contribution in [2.75, 3.05) is 23.3 Å². The van der Waals surface area contributed by atoms with Gasteiger partial charge in [0.05, 0.1) is 0 Å². The maximum absolute atomic E-state index is 14.0. The van der Waals surface area contributed by atoms with E-state index in [2.05, 4.69) is 26.3 Å². The molecule has 1 saturated heterocycles. The fourth-order valence-electron chi connectivity index (χ4n) is 6.03. The molecule has 2 fully saturated rings. The quantitative estimate of drug-likeness (QED) is 0.620. The lowest BCUT2D eigenvalue weighted by molar-refractivity contribution is 0.374. The highest BCUT2D eigenvalue weighted by atomic mass is 19.2. The summed E-state index contributed by atoms with van der Waals surface area (Å²) in [5.41, 5.74) is 1.74. The van der Waals surface area contributed by atoms with Crippen molar-refractivity contribution in [3.63, 3.8) is 0 Å². The molecule has 3 aromatic rings. The van der Waals surface area contributed by atoms with Crippen LogP contribution in [0.25, 0.3) is 0 Å². The molecule has 0 amide bonds. The lowest BCUT2D eigenvalue weighted by atomic mass is 9.92. The zero-order chi connectivity index (χ0) is 23.2. The normalized spacial score (nSPS) is 26.3. The predicted octanol–water partition coefficient (Wildman–Crippen LogP) is 4.30. The Morgan fingerprint density at radius 1 is 0.971 bits per heavy atom. The van der Waals surface area contributed by atoms with E-state index in [-0.39, 0.29) is 5.92 Å².